The third kappa shape index (κ3) is 4.47. The van der Waals surface area contributed by atoms with E-state index in [1.165, 1.54) is 12.2 Å². The fourth-order valence-electron chi connectivity index (χ4n) is 5.03. The third-order valence-electron chi connectivity index (χ3n) is 6.93. The molecule has 1 aromatic carbocycles. The zero-order valence-corrected chi connectivity index (χ0v) is 19.8. The summed E-state index contributed by atoms with van der Waals surface area (Å²) in [5, 5.41) is 6.53. The molecule has 3 heterocycles. The van der Waals surface area contributed by atoms with Crippen LogP contribution in [0.4, 0.5) is 19.1 Å². The van der Waals surface area contributed by atoms with Gasteiger partial charge < -0.3 is 15.5 Å². The summed E-state index contributed by atoms with van der Waals surface area (Å²) in [6.45, 7) is 0.816. The maximum atomic E-state index is 13.9. The molecule has 0 bridgehead atoms. The zero-order chi connectivity index (χ0) is 25.6. The van der Waals surface area contributed by atoms with Crippen molar-refractivity contribution in [2.45, 2.75) is 43.7 Å². The number of alkyl halides is 3. The van der Waals surface area contributed by atoms with Crippen LogP contribution in [0, 0.1) is 0 Å². The minimum absolute atomic E-state index is 0.0214. The van der Waals surface area contributed by atoms with E-state index >= 15 is 0 Å². The molecular weight excluding hydrogens is 481 g/mol. The number of allylic oxidation sites excluding steroid dienone is 4. The van der Waals surface area contributed by atoms with Crippen LogP contribution in [0.3, 0.4) is 0 Å². The molecule has 0 spiro atoms. The number of nitrogens with one attached hydrogen (secondary N) is 2. The van der Waals surface area contributed by atoms with Crippen LogP contribution in [0.5, 0.6) is 0 Å². The van der Waals surface area contributed by atoms with E-state index < -0.39 is 23.8 Å². The monoisotopic (exact) mass is 506 g/mol. The summed E-state index contributed by atoms with van der Waals surface area (Å²) in [7, 11) is 0. The Balaban J connectivity index is 1.31. The Bertz CT molecular complexity index is 1420. The summed E-state index contributed by atoms with van der Waals surface area (Å²) in [4.78, 5) is 25.3. The van der Waals surface area contributed by atoms with Gasteiger partial charge in [0.15, 0.2) is 5.96 Å². The first kappa shape index (κ1) is 23.3. The summed E-state index contributed by atoms with van der Waals surface area (Å²) in [6, 6.07) is 8.40. The Morgan fingerprint density at radius 2 is 1.95 bits per heavy atom. The first-order valence-electron chi connectivity index (χ1n) is 12.2. The van der Waals surface area contributed by atoms with Crippen molar-refractivity contribution in [3.8, 4) is 5.69 Å². The van der Waals surface area contributed by atoms with Gasteiger partial charge in [-0.3, -0.25) is 4.79 Å². The van der Waals surface area contributed by atoms with Crippen LogP contribution in [-0.4, -0.2) is 51.3 Å². The number of guanidine groups is 1. The van der Waals surface area contributed by atoms with Crippen LogP contribution in [0.15, 0.2) is 88.2 Å². The molecule has 0 amide bonds. The first-order chi connectivity index (χ1) is 17.9. The smallest absolute Gasteiger partial charge is 0.349 e. The van der Waals surface area contributed by atoms with Crippen molar-refractivity contribution in [2.24, 2.45) is 4.99 Å². The van der Waals surface area contributed by atoms with Gasteiger partial charge in [0.25, 0.3) is 5.56 Å². The van der Waals surface area contributed by atoms with Gasteiger partial charge in [-0.25, -0.2) is 14.5 Å². The van der Waals surface area contributed by atoms with Gasteiger partial charge in [-0.05, 0) is 24.6 Å². The van der Waals surface area contributed by atoms with Gasteiger partial charge in [-0.1, -0.05) is 54.7 Å². The molecule has 0 fully saturated rings. The fourth-order valence-corrected chi connectivity index (χ4v) is 5.03. The number of anilines is 1. The molecule has 190 valence electrons. The van der Waals surface area contributed by atoms with E-state index in [1.807, 2.05) is 53.5 Å². The van der Waals surface area contributed by atoms with Crippen LogP contribution in [0.25, 0.3) is 5.69 Å². The van der Waals surface area contributed by atoms with Gasteiger partial charge >= 0.3 is 6.18 Å². The lowest BCUT2D eigenvalue weighted by molar-refractivity contribution is -0.0887. The van der Waals surface area contributed by atoms with E-state index in [0.717, 1.165) is 18.2 Å². The number of para-hydroxylation sites is 1. The van der Waals surface area contributed by atoms with Gasteiger partial charge in [0.1, 0.15) is 0 Å². The second kappa shape index (κ2) is 9.10. The normalized spacial score (nSPS) is 24.2. The molecule has 2 aliphatic heterocycles. The van der Waals surface area contributed by atoms with Crippen molar-refractivity contribution in [1.29, 1.82) is 0 Å². The van der Waals surface area contributed by atoms with Crippen molar-refractivity contribution in [3.05, 3.63) is 100 Å². The number of benzene rings is 1. The summed E-state index contributed by atoms with van der Waals surface area (Å²) in [6.07, 6.45) is 8.70. The van der Waals surface area contributed by atoms with Crippen molar-refractivity contribution < 1.29 is 13.2 Å². The van der Waals surface area contributed by atoms with E-state index in [-0.39, 0.29) is 18.1 Å². The Kier molecular flexibility index (Phi) is 5.73. The van der Waals surface area contributed by atoms with E-state index in [4.69, 9.17) is 4.98 Å². The molecule has 2 N–H and O–H groups in total. The van der Waals surface area contributed by atoms with E-state index in [2.05, 4.69) is 21.7 Å². The Hall–Kier alpha value is -4.08. The van der Waals surface area contributed by atoms with Crippen LogP contribution in [-0.2, 0) is 13.0 Å². The molecule has 37 heavy (non-hydrogen) atoms. The molecule has 3 atom stereocenters. The van der Waals surface area contributed by atoms with Gasteiger partial charge in [0.2, 0.25) is 5.95 Å². The Morgan fingerprint density at radius 3 is 2.70 bits per heavy atom. The number of rotatable bonds is 3. The standard InChI is InChI=1S/C27H25F3N6O/c28-27(29,30)17-11-12-22-23(15-17)34-25(33-22)35-14-13-21-20(16-35)24(37)36(19-9-5-2-6-10-19)26(32-21)31-18-7-3-1-4-8-18/h1-7,9-12,15,18,22-23H,8,13-14,16H2,(H,31,32)(H,33,34). The predicted octanol–water partition coefficient (Wildman–Crippen LogP) is 3.64. The zero-order valence-electron chi connectivity index (χ0n) is 19.8. The molecule has 0 saturated heterocycles. The lowest BCUT2D eigenvalue weighted by Crippen LogP contribution is -2.47. The quantitative estimate of drug-likeness (QED) is 0.665. The minimum Gasteiger partial charge on any atom is -0.349 e. The van der Waals surface area contributed by atoms with Crippen LogP contribution in [0.1, 0.15) is 17.7 Å². The molecule has 2 aromatic rings. The van der Waals surface area contributed by atoms with Gasteiger partial charge in [-0.2, -0.15) is 13.2 Å². The van der Waals surface area contributed by atoms with Gasteiger partial charge in [0.05, 0.1) is 47.2 Å². The Morgan fingerprint density at radius 1 is 1.11 bits per heavy atom. The van der Waals surface area contributed by atoms with E-state index in [1.54, 1.807) is 4.57 Å². The van der Waals surface area contributed by atoms with Crippen molar-refractivity contribution in [3.63, 3.8) is 0 Å². The highest BCUT2D eigenvalue weighted by atomic mass is 19.4. The highest BCUT2D eigenvalue weighted by molar-refractivity contribution is 5.83. The lowest BCUT2D eigenvalue weighted by Gasteiger charge is -2.31. The molecule has 2 aliphatic carbocycles. The molecule has 0 saturated carbocycles. The number of halogens is 3. The molecule has 1 aromatic heterocycles. The largest absolute Gasteiger partial charge is 0.416 e. The van der Waals surface area contributed by atoms with Crippen molar-refractivity contribution in [2.75, 3.05) is 11.9 Å². The number of aromatic nitrogens is 2. The fraction of sp³-hybridized carbons (Fsp3) is 0.296. The summed E-state index contributed by atoms with van der Waals surface area (Å²) >= 11 is 0. The maximum absolute atomic E-state index is 13.9. The average Bonchev–Trinajstić information content (AvgIpc) is 3.33. The molecule has 0 radical (unpaired) electrons. The second-order valence-corrected chi connectivity index (χ2v) is 9.40. The molecular formula is C27H25F3N6O. The van der Waals surface area contributed by atoms with E-state index in [9.17, 15) is 18.0 Å². The SMILES string of the molecule is O=c1c2c(nc(NC3C=CC=CC3)n1-c1ccccc1)CCN(C1=NC3C=CC(C(F)(F)F)=CC3N1)C2. The number of aliphatic imine (C=N–C) groups is 1. The van der Waals surface area contributed by atoms with Crippen LogP contribution >= 0.6 is 0 Å². The molecule has 10 heteroatoms. The molecule has 7 nitrogen and oxygen atoms in total. The second-order valence-electron chi connectivity index (χ2n) is 9.40. The first-order valence-corrected chi connectivity index (χ1v) is 12.2. The molecule has 4 aliphatic rings. The topological polar surface area (TPSA) is 74.5 Å². The highest BCUT2D eigenvalue weighted by Crippen LogP contribution is 2.32. The predicted molar refractivity (Wildman–Crippen MR) is 136 cm³/mol. The van der Waals surface area contributed by atoms with Crippen LogP contribution in [0.2, 0.25) is 0 Å². The summed E-state index contributed by atoms with van der Waals surface area (Å²) in [5.41, 5.74) is 1.13. The van der Waals surface area contributed by atoms with Gasteiger partial charge in [0, 0.05) is 13.0 Å². The number of hydrogen-bond donors (Lipinski definition) is 2. The molecule has 3 unspecified atom stereocenters. The Labute approximate surface area is 211 Å². The van der Waals surface area contributed by atoms with Gasteiger partial charge in [-0.15, -0.1) is 0 Å². The van der Waals surface area contributed by atoms with E-state index in [0.29, 0.717) is 36.1 Å². The summed E-state index contributed by atoms with van der Waals surface area (Å²) in [5.74, 6) is 0.989. The number of nitrogens with zero attached hydrogens (tertiary/aromatic N) is 4. The van der Waals surface area contributed by atoms with Crippen molar-refractivity contribution in [1.82, 2.24) is 19.8 Å². The average molecular weight is 507 g/mol. The number of fused-ring (bicyclic) bond motifs is 2. The molecule has 6 rings (SSSR count). The third-order valence-corrected chi connectivity index (χ3v) is 6.93. The maximum Gasteiger partial charge on any atom is 0.416 e. The van der Waals surface area contributed by atoms with Crippen molar-refractivity contribution >= 4 is 11.9 Å². The number of hydrogen-bond acceptors (Lipinski definition) is 6. The summed E-state index contributed by atoms with van der Waals surface area (Å²) < 4.78 is 41.1. The highest BCUT2D eigenvalue weighted by Gasteiger charge is 2.39. The minimum atomic E-state index is -4.40. The van der Waals surface area contributed by atoms with Crippen LogP contribution < -0.4 is 16.2 Å². The lowest BCUT2D eigenvalue weighted by atomic mass is 9.99.